The molecule has 0 aliphatic carbocycles. The van der Waals surface area contributed by atoms with Crippen LogP contribution in [-0.2, 0) is 12.8 Å². The first kappa shape index (κ1) is 26.8. The molecule has 0 saturated carbocycles. The van der Waals surface area contributed by atoms with Gasteiger partial charge in [0, 0.05) is 11.1 Å². The standard InChI is InChI=1S/C35H38F2/c1-3-5-6-7-8-9-11-27-14-18-30(19-15-27)32-24-25-33(35(37)34(32)36)31-22-20-29(21-23-31)28-16-12-26(10-4-2)13-17-28/h12-25H,3-11H2,1-2H3. The third-order valence-corrected chi connectivity index (χ3v) is 7.19. The van der Waals surface area contributed by atoms with Gasteiger partial charge in [0.2, 0.25) is 0 Å². The molecule has 0 bridgehead atoms. The van der Waals surface area contributed by atoms with Crippen molar-refractivity contribution >= 4 is 0 Å². The Bertz CT molecular complexity index is 1250. The Kier molecular flexibility index (Phi) is 9.65. The molecular formula is C35H38F2. The van der Waals surface area contributed by atoms with Crippen LogP contribution >= 0.6 is 0 Å². The molecule has 0 nitrogen and oxygen atoms in total. The predicted octanol–water partition coefficient (Wildman–Crippen LogP) is 10.8. The van der Waals surface area contributed by atoms with Gasteiger partial charge in [0.25, 0.3) is 0 Å². The molecule has 0 fully saturated rings. The second-order valence-corrected chi connectivity index (χ2v) is 10.0. The minimum atomic E-state index is -0.801. The Labute approximate surface area is 221 Å². The van der Waals surface area contributed by atoms with Crippen molar-refractivity contribution in [2.75, 3.05) is 0 Å². The summed E-state index contributed by atoms with van der Waals surface area (Å²) in [5.74, 6) is -1.60. The van der Waals surface area contributed by atoms with Crippen LogP contribution in [0, 0.1) is 11.6 Å². The minimum absolute atomic E-state index is 0.283. The molecule has 0 amide bonds. The molecule has 0 N–H and O–H groups in total. The fraction of sp³-hybridized carbons (Fsp3) is 0.314. The maximum atomic E-state index is 15.2. The zero-order chi connectivity index (χ0) is 26.0. The Morgan fingerprint density at radius 2 is 0.811 bits per heavy atom. The van der Waals surface area contributed by atoms with E-state index in [4.69, 9.17) is 0 Å². The van der Waals surface area contributed by atoms with Crippen molar-refractivity contribution in [3.63, 3.8) is 0 Å². The van der Waals surface area contributed by atoms with E-state index in [1.165, 1.54) is 49.7 Å². The van der Waals surface area contributed by atoms with Gasteiger partial charge in [-0.3, -0.25) is 0 Å². The number of hydrogen-bond donors (Lipinski definition) is 0. The van der Waals surface area contributed by atoms with Crippen LogP contribution in [0.5, 0.6) is 0 Å². The van der Waals surface area contributed by atoms with Gasteiger partial charge in [-0.15, -0.1) is 0 Å². The van der Waals surface area contributed by atoms with Gasteiger partial charge in [-0.05, 0) is 52.6 Å². The summed E-state index contributed by atoms with van der Waals surface area (Å²) < 4.78 is 30.3. The molecule has 0 aliphatic rings. The van der Waals surface area contributed by atoms with E-state index in [0.29, 0.717) is 16.7 Å². The van der Waals surface area contributed by atoms with Gasteiger partial charge >= 0.3 is 0 Å². The summed E-state index contributed by atoms with van der Waals surface area (Å²) in [6.45, 7) is 4.41. The monoisotopic (exact) mass is 496 g/mol. The van der Waals surface area contributed by atoms with E-state index in [2.05, 4.69) is 38.1 Å². The van der Waals surface area contributed by atoms with Gasteiger partial charge in [-0.25, -0.2) is 8.78 Å². The van der Waals surface area contributed by atoms with Crippen molar-refractivity contribution in [3.05, 3.63) is 108 Å². The Hall–Kier alpha value is -3.26. The molecular weight excluding hydrogens is 458 g/mol. The highest BCUT2D eigenvalue weighted by molar-refractivity contribution is 5.74. The highest BCUT2D eigenvalue weighted by atomic mass is 19.2. The molecule has 0 atom stereocenters. The van der Waals surface area contributed by atoms with Crippen LogP contribution in [0.3, 0.4) is 0 Å². The predicted molar refractivity (Wildman–Crippen MR) is 154 cm³/mol. The van der Waals surface area contributed by atoms with Crippen molar-refractivity contribution in [3.8, 4) is 33.4 Å². The largest absolute Gasteiger partial charge is 0.203 e. The van der Waals surface area contributed by atoms with Crippen molar-refractivity contribution < 1.29 is 8.78 Å². The van der Waals surface area contributed by atoms with Crippen LogP contribution in [0.15, 0.2) is 84.9 Å². The topological polar surface area (TPSA) is 0 Å². The first-order valence-electron chi connectivity index (χ1n) is 13.9. The van der Waals surface area contributed by atoms with Crippen molar-refractivity contribution in [1.82, 2.24) is 0 Å². The van der Waals surface area contributed by atoms with E-state index in [1.54, 1.807) is 12.1 Å². The fourth-order valence-corrected chi connectivity index (χ4v) is 4.95. The molecule has 192 valence electrons. The zero-order valence-corrected chi connectivity index (χ0v) is 22.2. The maximum Gasteiger partial charge on any atom is 0.167 e. The van der Waals surface area contributed by atoms with Crippen LogP contribution in [0.1, 0.15) is 69.9 Å². The summed E-state index contributed by atoms with van der Waals surface area (Å²) in [6, 6.07) is 27.5. The molecule has 2 heteroatoms. The normalized spacial score (nSPS) is 11.1. The van der Waals surface area contributed by atoms with Gasteiger partial charge in [-0.1, -0.05) is 137 Å². The molecule has 0 heterocycles. The zero-order valence-electron chi connectivity index (χ0n) is 22.2. The van der Waals surface area contributed by atoms with Gasteiger partial charge in [-0.2, -0.15) is 0 Å². The van der Waals surface area contributed by atoms with Crippen LogP contribution in [0.4, 0.5) is 8.78 Å². The smallest absolute Gasteiger partial charge is 0.167 e. The van der Waals surface area contributed by atoms with E-state index < -0.39 is 11.6 Å². The van der Waals surface area contributed by atoms with E-state index in [9.17, 15) is 0 Å². The molecule has 0 saturated heterocycles. The van der Waals surface area contributed by atoms with Crippen molar-refractivity contribution in [2.24, 2.45) is 0 Å². The summed E-state index contributed by atoms with van der Waals surface area (Å²) >= 11 is 0. The van der Waals surface area contributed by atoms with Crippen LogP contribution in [0.2, 0.25) is 0 Å². The lowest BCUT2D eigenvalue weighted by atomic mass is 9.96. The maximum absolute atomic E-state index is 15.2. The molecule has 0 aliphatic heterocycles. The average molecular weight is 497 g/mol. The fourth-order valence-electron chi connectivity index (χ4n) is 4.95. The summed E-state index contributed by atoms with van der Waals surface area (Å²) in [5.41, 5.74) is 6.71. The van der Waals surface area contributed by atoms with Crippen LogP contribution < -0.4 is 0 Å². The van der Waals surface area contributed by atoms with Gasteiger partial charge in [0.1, 0.15) is 0 Å². The number of hydrogen-bond acceptors (Lipinski definition) is 0. The second-order valence-electron chi connectivity index (χ2n) is 10.0. The average Bonchev–Trinajstić information content (AvgIpc) is 2.93. The van der Waals surface area contributed by atoms with Gasteiger partial charge in [0.15, 0.2) is 11.6 Å². The molecule has 0 unspecified atom stereocenters. The minimum Gasteiger partial charge on any atom is -0.203 e. The number of aryl methyl sites for hydroxylation is 2. The van der Waals surface area contributed by atoms with E-state index in [0.717, 1.165) is 30.4 Å². The van der Waals surface area contributed by atoms with Crippen LogP contribution in [-0.4, -0.2) is 0 Å². The highest BCUT2D eigenvalue weighted by Gasteiger charge is 2.16. The van der Waals surface area contributed by atoms with Gasteiger partial charge < -0.3 is 0 Å². The second kappa shape index (κ2) is 13.3. The lowest BCUT2D eigenvalue weighted by molar-refractivity contribution is 0.514. The van der Waals surface area contributed by atoms with Gasteiger partial charge in [0.05, 0.1) is 0 Å². The summed E-state index contributed by atoms with van der Waals surface area (Å²) in [4.78, 5) is 0. The Balaban J connectivity index is 1.44. The highest BCUT2D eigenvalue weighted by Crippen LogP contribution is 2.33. The SMILES string of the molecule is CCCCCCCCc1ccc(-c2ccc(-c3ccc(-c4ccc(CCC)cc4)cc3)c(F)c2F)cc1. The molecule has 4 aromatic carbocycles. The summed E-state index contributed by atoms with van der Waals surface area (Å²) in [5, 5.41) is 0. The number of halogens is 2. The van der Waals surface area contributed by atoms with Crippen molar-refractivity contribution in [2.45, 2.75) is 71.6 Å². The van der Waals surface area contributed by atoms with E-state index in [-0.39, 0.29) is 5.56 Å². The summed E-state index contributed by atoms with van der Waals surface area (Å²) in [7, 11) is 0. The van der Waals surface area contributed by atoms with E-state index in [1.807, 2.05) is 48.5 Å². The first-order valence-corrected chi connectivity index (χ1v) is 13.9. The third-order valence-electron chi connectivity index (χ3n) is 7.19. The molecule has 0 radical (unpaired) electrons. The molecule has 0 aromatic heterocycles. The quantitative estimate of drug-likeness (QED) is 0.171. The lowest BCUT2D eigenvalue weighted by Crippen LogP contribution is -1.94. The Morgan fingerprint density at radius 3 is 1.32 bits per heavy atom. The third kappa shape index (κ3) is 6.95. The number of unbranched alkanes of at least 4 members (excludes halogenated alkanes) is 5. The number of rotatable bonds is 12. The molecule has 4 rings (SSSR count). The summed E-state index contributed by atoms with van der Waals surface area (Å²) in [6.07, 6.45) is 10.8. The number of benzene rings is 4. The Morgan fingerprint density at radius 1 is 0.405 bits per heavy atom. The van der Waals surface area contributed by atoms with E-state index >= 15 is 8.78 Å². The molecule has 4 aromatic rings. The molecule has 37 heavy (non-hydrogen) atoms. The first-order chi connectivity index (χ1) is 18.1. The lowest BCUT2D eigenvalue weighted by Gasteiger charge is -2.11. The molecule has 0 spiro atoms. The van der Waals surface area contributed by atoms with Crippen molar-refractivity contribution in [1.29, 1.82) is 0 Å². The van der Waals surface area contributed by atoms with Crippen LogP contribution in [0.25, 0.3) is 33.4 Å².